The fourth-order valence-electron chi connectivity index (χ4n) is 2.43. The molecule has 1 unspecified atom stereocenters. The molecule has 0 radical (unpaired) electrons. The highest BCUT2D eigenvalue weighted by molar-refractivity contribution is 5.38. The van der Waals surface area contributed by atoms with Crippen molar-refractivity contribution in [2.45, 2.75) is 19.4 Å². The Morgan fingerprint density at radius 1 is 1.35 bits per heavy atom. The molecule has 0 spiro atoms. The maximum Gasteiger partial charge on any atom is 0.128 e. The van der Waals surface area contributed by atoms with Crippen LogP contribution in [0.25, 0.3) is 0 Å². The average molecular weight is 273 g/mol. The molecule has 5 heteroatoms. The molecule has 0 saturated carbocycles. The number of hydrogen-bond donors (Lipinski definition) is 1. The molecular weight excluding hydrogens is 250 g/mol. The first kappa shape index (κ1) is 14.8. The van der Waals surface area contributed by atoms with Gasteiger partial charge in [-0.1, -0.05) is 13.0 Å². The van der Waals surface area contributed by atoms with Crippen LogP contribution in [0.2, 0.25) is 0 Å². The summed E-state index contributed by atoms with van der Waals surface area (Å²) in [6.07, 6.45) is 2.90. The van der Waals surface area contributed by atoms with E-state index in [-0.39, 0.29) is 6.04 Å². The highest BCUT2D eigenvalue weighted by Gasteiger charge is 2.20. The van der Waals surface area contributed by atoms with Crippen molar-refractivity contribution in [1.29, 1.82) is 5.26 Å². The molecule has 108 valence electrons. The monoisotopic (exact) mass is 273 g/mol. The van der Waals surface area contributed by atoms with Gasteiger partial charge < -0.3 is 10.2 Å². The number of pyridine rings is 1. The summed E-state index contributed by atoms with van der Waals surface area (Å²) < 4.78 is 0. The van der Waals surface area contributed by atoms with Crippen LogP contribution in [0.3, 0.4) is 0 Å². The molecular formula is C15H23N5. The van der Waals surface area contributed by atoms with Crippen molar-refractivity contribution in [3.8, 4) is 6.07 Å². The summed E-state index contributed by atoms with van der Waals surface area (Å²) in [4.78, 5) is 9.05. The van der Waals surface area contributed by atoms with Crippen molar-refractivity contribution in [3.63, 3.8) is 0 Å². The summed E-state index contributed by atoms with van der Waals surface area (Å²) >= 11 is 0. The lowest BCUT2D eigenvalue weighted by molar-refractivity contribution is 0.243. The average Bonchev–Trinajstić information content (AvgIpc) is 2.53. The number of rotatable bonds is 6. The maximum absolute atomic E-state index is 9.15. The van der Waals surface area contributed by atoms with Crippen molar-refractivity contribution >= 4 is 5.82 Å². The number of nitrogens with zero attached hydrogens (tertiary/aromatic N) is 4. The molecule has 2 heterocycles. The normalized spacial score (nSPS) is 17.7. The molecule has 2 rings (SSSR count). The molecule has 1 aromatic rings. The lowest BCUT2D eigenvalue weighted by Gasteiger charge is -2.36. The van der Waals surface area contributed by atoms with Crippen molar-refractivity contribution in [1.82, 2.24) is 15.2 Å². The minimum absolute atomic E-state index is 0.0589. The lowest BCUT2D eigenvalue weighted by atomic mass is 10.2. The summed E-state index contributed by atoms with van der Waals surface area (Å²) in [7, 11) is 0. The molecule has 1 aromatic heterocycles. The molecule has 1 atom stereocenters. The zero-order valence-corrected chi connectivity index (χ0v) is 12.1. The predicted molar refractivity (Wildman–Crippen MR) is 80.6 cm³/mol. The standard InChI is InChI=1S/C15H23N5/c1-2-6-17-14(12-16)13-19-8-10-20(11-9-19)15-5-3-4-7-18-15/h3-5,7,14,17H,2,6,8-11,13H2,1H3. The van der Waals surface area contributed by atoms with Crippen LogP contribution in [0.1, 0.15) is 13.3 Å². The molecule has 1 aliphatic rings. The van der Waals surface area contributed by atoms with E-state index in [1.807, 2.05) is 18.3 Å². The Balaban J connectivity index is 1.78. The summed E-state index contributed by atoms with van der Waals surface area (Å²) in [5.74, 6) is 1.05. The fraction of sp³-hybridized carbons (Fsp3) is 0.600. The van der Waals surface area contributed by atoms with Crippen molar-refractivity contribution in [3.05, 3.63) is 24.4 Å². The first-order valence-corrected chi connectivity index (χ1v) is 7.35. The number of anilines is 1. The molecule has 20 heavy (non-hydrogen) atoms. The van der Waals surface area contributed by atoms with E-state index >= 15 is 0 Å². The van der Waals surface area contributed by atoms with Crippen LogP contribution in [0, 0.1) is 11.3 Å². The molecule has 1 N–H and O–H groups in total. The van der Waals surface area contributed by atoms with Crippen LogP contribution in [-0.4, -0.2) is 55.2 Å². The number of hydrogen-bond acceptors (Lipinski definition) is 5. The van der Waals surface area contributed by atoms with Crippen LogP contribution >= 0.6 is 0 Å². The molecule has 1 saturated heterocycles. The second-order valence-corrected chi connectivity index (χ2v) is 5.11. The molecule has 1 fully saturated rings. The van der Waals surface area contributed by atoms with Crippen LogP contribution in [0.15, 0.2) is 24.4 Å². The van der Waals surface area contributed by atoms with E-state index in [0.717, 1.165) is 51.5 Å². The van der Waals surface area contributed by atoms with Gasteiger partial charge in [0.2, 0.25) is 0 Å². The summed E-state index contributed by atoms with van der Waals surface area (Å²) in [6, 6.07) is 8.31. The van der Waals surface area contributed by atoms with E-state index in [0.29, 0.717) is 0 Å². The Bertz CT molecular complexity index is 420. The van der Waals surface area contributed by atoms with E-state index < -0.39 is 0 Å². The Morgan fingerprint density at radius 3 is 2.75 bits per heavy atom. The van der Waals surface area contributed by atoms with Crippen LogP contribution in [0.4, 0.5) is 5.82 Å². The van der Waals surface area contributed by atoms with E-state index in [4.69, 9.17) is 5.26 Å². The van der Waals surface area contributed by atoms with Crippen LogP contribution in [0.5, 0.6) is 0 Å². The molecule has 1 aliphatic heterocycles. The minimum atomic E-state index is -0.0589. The van der Waals surface area contributed by atoms with E-state index in [1.165, 1.54) is 0 Å². The third-order valence-corrected chi connectivity index (χ3v) is 3.58. The second-order valence-electron chi connectivity index (χ2n) is 5.11. The molecule has 0 aliphatic carbocycles. The second kappa shape index (κ2) is 7.83. The van der Waals surface area contributed by atoms with Gasteiger partial charge in [-0.25, -0.2) is 4.98 Å². The number of piperazine rings is 1. The van der Waals surface area contributed by atoms with Gasteiger partial charge in [-0.15, -0.1) is 0 Å². The zero-order valence-electron chi connectivity index (χ0n) is 12.1. The largest absolute Gasteiger partial charge is 0.354 e. The predicted octanol–water partition coefficient (Wildman–Crippen LogP) is 1.10. The molecule has 0 bridgehead atoms. The summed E-state index contributed by atoms with van der Waals surface area (Å²) in [5.41, 5.74) is 0. The minimum Gasteiger partial charge on any atom is -0.354 e. The van der Waals surface area contributed by atoms with Crippen molar-refractivity contribution < 1.29 is 0 Å². The smallest absolute Gasteiger partial charge is 0.128 e. The van der Waals surface area contributed by atoms with Gasteiger partial charge in [0, 0.05) is 38.9 Å². The Labute approximate surface area is 121 Å². The van der Waals surface area contributed by atoms with Gasteiger partial charge >= 0.3 is 0 Å². The third kappa shape index (κ3) is 4.19. The maximum atomic E-state index is 9.15. The Hall–Kier alpha value is -1.64. The van der Waals surface area contributed by atoms with Gasteiger partial charge in [-0.05, 0) is 25.1 Å². The molecule has 0 amide bonds. The number of aromatic nitrogens is 1. The van der Waals surface area contributed by atoms with Gasteiger partial charge in [-0.3, -0.25) is 4.90 Å². The van der Waals surface area contributed by atoms with E-state index in [1.54, 1.807) is 0 Å². The van der Waals surface area contributed by atoms with Crippen molar-refractivity contribution in [2.75, 3.05) is 44.2 Å². The van der Waals surface area contributed by atoms with E-state index in [2.05, 4.69) is 39.2 Å². The van der Waals surface area contributed by atoms with Gasteiger partial charge in [-0.2, -0.15) is 5.26 Å². The van der Waals surface area contributed by atoms with Crippen molar-refractivity contribution in [2.24, 2.45) is 0 Å². The highest BCUT2D eigenvalue weighted by Crippen LogP contribution is 2.12. The molecule has 0 aromatic carbocycles. The topological polar surface area (TPSA) is 55.2 Å². The lowest BCUT2D eigenvalue weighted by Crippen LogP contribution is -2.50. The first-order valence-electron chi connectivity index (χ1n) is 7.35. The van der Waals surface area contributed by atoms with Crippen LogP contribution < -0.4 is 10.2 Å². The van der Waals surface area contributed by atoms with Gasteiger partial charge in [0.1, 0.15) is 11.9 Å². The Kier molecular flexibility index (Phi) is 5.78. The van der Waals surface area contributed by atoms with Crippen LogP contribution in [-0.2, 0) is 0 Å². The SMILES string of the molecule is CCCNC(C#N)CN1CCN(c2ccccn2)CC1. The fourth-order valence-corrected chi connectivity index (χ4v) is 2.43. The zero-order chi connectivity index (χ0) is 14.2. The number of nitrogens with one attached hydrogen (secondary N) is 1. The Morgan fingerprint density at radius 2 is 2.15 bits per heavy atom. The van der Waals surface area contributed by atoms with E-state index in [9.17, 15) is 0 Å². The highest BCUT2D eigenvalue weighted by atomic mass is 15.3. The van der Waals surface area contributed by atoms with Gasteiger partial charge in [0.25, 0.3) is 0 Å². The number of nitriles is 1. The molecule has 5 nitrogen and oxygen atoms in total. The van der Waals surface area contributed by atoms with Gasteiger partial charge in [0.15, 0.2) is 0 Å². The third-order valence-electron chi connectivity index (χ3n) is 3.58. The quantitative estimate of drug-likeness (QED) is 0.841. The van der Waals surface area contributed by atoms with Gasteiger partial charge in [0.05, 0.1) is 6.07 Å². The summed E-state index contributed by atoms with van der Waals surface area (Å²) in [6.45, 7) is 7.77. The first-order chi connectivity index (χ1) is 9.83. The summed E-state index contributed by atoms with van der Waals surface area (Å²) in [5, 5.41) is 12.4.